The van der Waals surface area contributed by atoms with Gasteiger partial charge in [0.1, 0.15) is 12.6 Å². The van der Waals surface area contributed by atoms with Gasteiger partial charge in [0.2, 0.25) is 11.8 Å². The molecule has 1 heterocycles. The molecular weight excluding hydrogens is 532 g/mol. The van der Waals surface area contributed by atoms with Crippen LogP contribution in [0.3, 0.4) is 0 Å². The number of likely N-dealkylation sites (tertiary alicyclic amines) is 1. The monoisotopic (exact) mass is 578 g/mol. The zero-order valence-electron chi connectivity index (χ0n) is 25.3. The maximum atomic E-state index is 13.2. The van der Waals surface area contributed by atoms with E-state index >= 15 is 0 Å². The number of alkyl carbamates (subject to hydrolysis) is 1. The Hall–Kier alpha value is -3.72. The summed E-state index contributed by atoms with van der Waals surface area (Å²) in [5, 5.41) is 8.73. The van der Waals surface area contributed by atoms with Crippen molar-refractivity contribution in [1.82, 2.24) is 20.9 Å². The number of ketones is 1. The van der Waals surface area contributed by atoms with E-state index in [1.54, 1.807) is 0 Å². The second-order valence-electron chi connectivity index (χ2n) is 12.0. The number of ether oxygens (including phenoxy) is 1. The van der Waals surface area contributed by atoms with Gasteiger partial charge in [-0.3, -0.25) is 19.3 Å². The molecule has 1 saturated heterocycles. The van der Waals surface area contributed by atoms with Crippen molar-refractivity contribution in [3.8, 4) is 0 Å². The Morgan fingerprint density at radius 3 is 2.10 bits per heavy atom. The predicted octanol–water partition coefficient (Wildman–Crippen LogP) is 3.86. The molecule has 1 unspecified atom stereocenters. The molecule has 0 spiro atoms. The van der Waals surface area contributed by atoms with Gasteiger partial charge in [0, 0.05) is 19.1 Å². The normalized spacial score (nSPS) is 17.0. The number of amides is 3. The van der Waals surface area contributed by atoms with Crippen molar-refractivity contribution in [2.24, 2.45) is 11.8 Å². The van der Waals surface area contributed by atoms with Crippen LogP contribution in [0.1, 0.15) is 58.1 Å². The molecule has 3 rings (SSSR count). The van der Waals surface area contributed by atoms with Crippen LogP contribution in [0.15, 0.2) is 60.7 Å². The third-order valence-corrected chi connectivity index (χ3v) is 7.15. The van der Waals surface area contributed by atoms with Gasteiger partial charge in [-0.1, -0.05) is 88.4 Å². The Morgan fingerprint density at radius 2 is 1.50 bits per heavy atom. The highest BCUT2D eigenvalue weighted by Gasteiger charge is 2.32. The first-order valence-corrected chi connectivity index (χ1v) is 14.9. The summed E-state index contributed by atoms with van der Waals surface area (Å²) in [6.07, 6.45) is 1.38. The predicted molar refractivity (Wildman–Crippen MR) is 163 cm³/mol. The van der Waals surface area contributed by atoms with Crippen molar-refractivity contribution in [3.63, 3.8) is 0 Å². The molecule has 3 N–H and O–H groups in total. The fourth-order valence-corrected chi connectivity index (χ4v) is 5.18. The van der Waals surface area contributed by atoms with Crippen molar-refractivity contribution >= 4 is 23.7 Å². The Labute approximate surface area is 249 Å². The van der Waals surface area contributed by atoms with Gasteiger partial charge in [-0.2, -0.15) is 0 Å². The number of benzene rings is 2. The van der Waals surface area contributed by atoms with E-state index in [1.165, 1.54) is 0 Å². The first kappa shape index (κ1) is 32.8. The number of piperidine rings is 1. The summed E-state index contributed by atoms with van der Waals surface area (Å²) in [4.78, 5) is 53.5. The van der Waals surface area contributed by atoms with E-state index in [-0.39, 0.29) is 49.1 Å². The first-order valence-electron chi connectivity index (χ1n) is 14.9. The van der Waals surface area contributed by atoms with Crippen LogP contribution in [0.5, 0.6) is 0 Å². The smallest absolute Gasteiger partial charge is 0.407 e. The lowest BCUT2D eigenvalue weighted by Gasteiger charge is -2.34. The summed E-state index contributed by atoms with van der Waals surface area (Å²) >= 11 is 0. The van der Waals surface area contributed by atoms with Crippen LogP contribution in [-0.2, 0) is 32.1 Å². The van der Waals surface area contributed by atoms with Crippen LogP contribution >= 0.6 is 0 Å². The molecule has 2 aromatic rings. The van der Waals surface area contributed by atoms with Gasteiger partial charge in [0.05, 0.1) is 19.0 Å². The summed E-state index contributed by atoms with van der Waals surface area (Å²) in [6, 6.07) is 17.4. The molecule has 9 nitrogen and oxygen atoms in total. The lowest BCUT2D eigenvalue weighted by Crippen LogP contribution is -2.57. The summed E-state index contributed by atoms with van der Waals surface area (Å²) < 4.78 is 5.41. The SMILES string of the molecule is CC(C)C[C@@H](CN1CCC(NC(=O)[C@H](CC(C)C)NC(=O)Cc2ccccc2)C(=O)C1)NC(=O)OCc1ccccc1. The molecule has 1 fully saturated rings. The maximum absolute atomic E-state index is 13.2. The fourth-order valence-electron chi connectivity index (χ4n) is 5.18. The summed E-state index contributed by atoms with van der Waals surface area (Å²) in [6.45, 7) is 9.63. The van der Waals surface area contributed by atoms with Crippen LogP contribution < -0.4 is 16.0 Å². The molecule has 1 aliphatic rings. The van der Waals surface area contributed by atoms with Crippen LogP contribution in [0.25, 0.3) is 0 Å². The van der Waals surface area contributed by atoms with Gasteiger partial charge in [-0.15, -0.1) is 0 Å². The van der Waals surface area contributed by atoms with Gasteiger partial charge in [0.15, 0.2) is 5.78 Å². The molecule has 3 amide bonds. The lowest BCUT2D eigenvalue weighted by atomic mass is 9.98. The number of carbonyl (C=O) groups is 4. The van der Waals surface area contributed by atoms with E-state index in [0.717, 1.165) is 17.5 Å². The second kappa shape index (κ2) is 16.7. The van der Waals surface area contributed by atoms with Crippen LogP contribution in [0.2, 0.25) is 0 Å². The highest BCUT2D eigenvalue weighted by Crippen LogP contribution is 2.14. The molecule has 2 aromatic carbocycles. The average Bonchev–Trinajstić information content (AvgIpc) is 2.93. The van der Waals surface area contributed by atoms with E-state index in [1.807, 2.05) is 79.4 Å². The highest BCUT2D eigenvalue weighted by atomic mass is 16.5. The molecule has 42 heavy (non-hydrogen) atoms. The average molecular weight is 579 g/mol. The first-order chi connectivity index (χ1) is 20.1. The number of hydrogen-bond donors (Lipinski definition) is 3. The van der Waals surface area contributed by atoms with E-state index < -0.39 is 18.2 Å². The van der Waals surface area contributed by atoms with Crippen molar-refractivity contribution in [1.29, 1.82) is 0 Å². The third-order valence-electron chi connectivity index (χ3n) is 7.15. The largest absolute Gasteiger partial charge is 0.445 e. The van der Waals surface area contributed by atoms with Crippen molar-refractivity contribution in [2.45, 2.75) is 78.1 Å². The molecule has 1 aliphatic heterocycles. The highest BCUT2D eigenvalue weighted by molar-refractivity contribution is 5.94. The van der Waals surface area contributed by atoms with Gasteiger partial charge in [0.25, 0.3) is 0 Å². The summed E-state index contributed by atoms with van der Waals surface area (Å²) in [5.41, 5.74) is 1.78. The maximum Gasteiger partial charge on any atom is 0.407 e. The number of rotatable bonds is 14. The number of carbonyl (C=O) groups excluding carboxylic acids is 4. The number of Topliss-reactive ketones (excluding diaryl/α,β-unsaturated/α-hetero) is 1. The lowest BCUT2D eigenvalue weighted by molar-refractivity contribution is -0.133. The van der Waals surface area contributed by atoms with E-state index in [0.29, 0.717) is 31.8 Å². The van der Waals surface area contributed by atoms with Crippen molar-refractivity contribution in [3.05, 3.63) is 71.8 Å². The van der Waals surface area contributed by atoms with Crippen LogP contribution in [0.4, 0.5) is 4.79 Å². The Morgan fingerprint density at radius 1 is 0.881 bits per heavy atom. The third kappa shape index (κ3) is 11.6. The quantitative estimate of drug-likeness (QED) is 0.314. The molecule has 3 atom stereocenters. The van der Waals surface area contributed by atoms with Gasteiger partial charge >= 0.3 is 6.09 Å². The zero-order chi connectivity index (χ0) is 30.5. The van der Waals surface area contributed by atoms with Crippen molar-refractivity contribution < 1.29 is 23.9 Å². The van der Waals surface area contributed by atoms with E-state index in [2.05, 4.69) is 29.8 Å². The van der Waals surface area contributed by atoms with E-state index in [4.69, 9.17) is 4.74 Å². The topological polar surface area (TPSA) is 117 Å². The second-order valence-corrected chi connectivity index (χ2v) is 12.0. The molecule has 0 aliphatic carbocycles. The molecule has 0 aromatic heterocycles. The van der Waals surface area contributed by atoms with Crippen LogP contribution in [0, 0.1) is 11.8 Å². The molecular formula is C33H46N4O5. The van der Waals surface area contributed by atoms with Crippen LogP contribution in [-0.4, -0.2) is 66.4 Å². The molecule has 9 heteroatoms. The zero-order valence-corrected chi connectivity index (χ0v) is 25.3. The molecule has 0 radical (unpaired) electrons. The molecule has 228 valence electrons. The Kier molecular flexibility index (Phi) is 13.0. The number of nitrogens with zero attached hydrogens (tertiary/aromatic N) is 1. The summed E-state index contributed by atoms with van der Waals surface area (Å²) in [7, 11) is 0. The minimum Gasteiger partial charge on any atom is -0.445 e. The number of nitrogens with one attached hydrogen (secondary N) is 3. The minimum atomic E-state index is -0.714. The standard InChI is InChI=1S/C33H46N4O5/c1-23(2)17-27(34-33(41)42-22-26-13-9-6-10-14-26)20-37-16-15-28(30(38)21-37)36-32(40)29(18-24(3)4)35-31(39)19-25-11-7-5-8-12-25/h5-14,23-24,27-29H,15-22H2,1-4H3,(H,34,41)(H,35,39)(H,36,40)/t27-,28?,29-/m0/s1. The summed E-state index contributed by atoms with van der Waals surface area (Å²) in [5.74, 6) is -0.123. The minimum absolute atomic E-state index is 0.0801. The Bertz CT molecular complexity index is 1160. The van der Waals surface area contributed by atoms with Gasteiger partial charge < -0.3 is 20.7 Å². The molecule has 0 saturated carbocycles. The fraction of sp³-hybridized carbons (Fsp3) is 0.515. The van der Waals surface area contributed by atoms with E-state index in [9.17, 15) is 19.2 Å². The number of hydrogen-bond acceptors (Lipinski definition) is 6. The Balaban J connectivity index is 1.50. The van der Waals surface area contributed by atoms with Crippen molar-refractivity contribution in [2.75, 3.05) is 19.6 Å². The molecule has 0 bridgehead atoms. The van der Waals surface area contributed by atoms with Gasteiger partial charge in [-0.25, -0.2) is 4.79 Å². The van der Waals surface area contributed by atoms with Gasteiger partial charge in [-0.05, 0) is 42.2 Å².